The van der Waals surface area contributed by atoms with Gasteiger partial charge in [-0.1, -0.05) is 53.5 Å². The molecule has 3 N–H and O–H groups in total. The Bertz CT molecular complexity index is 1620. The minimum atomic E-state index is -0.788. The van der Waals surface area contributed by atoms with Gasteiger partial charge in [0.05, 0.1) is 29.9 Å². The predicted molar refractivity (Wildman–Crippen MR) is 153 cm³/mol. The van der Waals surface area contributed by atoms with Gasteiger partial charge in [0.25, 0.3) is 5.56 Å². The van der Waals surface area contributed by atoms with E-state index in [1.54, 1.807) is 26.0 Å². The minimum Gasteiger partial charge on any atom is -0.394 e. The zero-order valence-electron chi connectivity index (χ0n) is 21.7. The van der Waals surface area contributed by atoms with Gasteiger partial charge in [-0.05, 0) is 39.8 Å². The zero-order chi connectivity index (χ0) is 28.5. The van der Waals surface area contributed by atoms with Gasteiger partial charge in [0.2, 0.25) is 5.91 Å². The third-order valence-corrected chi connectivity index (χ3v) is 8.06. The van der Waals surface area contributed by atoms with Crippen LogP contribution in [0, 0.1) is 0 Å². The Hall–Kier alpha value is -3.31. The molecule has 2 aromatic carbocycles. The van der Waals surface area contributed by atoms with Crippen LogP contribution < -0.4 is 16.6 Å². The molecular formula is C27H27Cl2N5O4S. The number of nitrogens with zero attached hydrogens (tertiary/aromatic N) is 3. The van der Waals surface area contributed by atoms with Gasteiger partial charge in [-0.2, -0.15) is 9.78 Å². The van der Waals surface area contributed by atoms with Crippen molar-refractivity contribution >= 4 is 40.4 Å². The number of aliphatic hydroxyl groups excluding tert-OH is 1. The largest absolute Gasteiger partial charge is 0.394 e. The molecule has 0 aliphatic heterocycles. The van der Waals surface area contributed by atoms with Gasteiger partial charge in [0.15, 0.2) is 0 Å². The summed E-state index contributed by atoms with van der Waals surface area (Å²) in [7, 11) is 0. The van der Waals surface area contributed by atoms with E-state index in [4.69, 9.17) is 28.2 Å². The number of hydrogen-bond donors (Lipinski definition) is 3. The van der Waals surface area contributed by atoms with E-state index in [1.807, 2.05) is 44.2 Å². The van der Waals surface area contributed by atoms with Crippen LogP contribution in [0.3, 0.4) is 0 Å². The Morgan fingerprint density at radius 3 is 2.33 bits per heavy atom. The van der Waals surface area contributed by atoms with E-state index in [0.29, 0.717) is 22.0 Å². The molecule has 0 aliphatic carbocycles. The number of carbonyl (C=O) groups excluding carboxylic acids is 1. The lowest BCUT2D eigenvalue weighted by molar-refractivity contribution is -0.122. The summed E-state index contributed by atoms with van der Waals surface area (Å²) in [5, 5.41) is 17.5. The summed E-state index contributed by atoms with van der Waals surface area (Å²) in [6.07, 6.45) is 1.06. The van der Waals surface area contributed by atoms with E-state index in [2.05, 4.69) is 15.4 Å². The summed E-state index contributed by atoms with van der Waals surface area (Å²) in [5.74, 6) is -0.238. The second-order valence-corrected chi connectivity index (χ2v) is 12.1. The van der Waals surface area contributed by atoms with Gasteiger partial charge in [-0.25, -0.2) is 9.78 Å². The average molecular weight is 589 g/mol. The van der Waals surface area contributed by atoms with Gasteiger partial charge >= 0.3 is 5.69 Å². The first kappa shape index (κ1) is 28.7. The fraction of sp³-hybridized carbons (Fsp3) is 0.296. The van der Waals surface area contributed by atoms with Crippen molar-refractivity contribution in [2.75, 3.05) is 6.61 Å². The van der Waals surface area contributed by atoms with Crippen molar-refractivity contribution in [2.24, 2.45) is 0 Å². The zero-order valence-corrected chi connectivity index (χ0v) is 24.0. The van der Waals surface area contributed by atoms with E-state index in [0.717, 1.165) is 21.3 Å². The van der Waals surface area contributed by atoms with Crippen molar-refractivity contribution in [3.63, 3.8) is 0 Å². The van der Waals surface area contributed by atoms with Gasteiger partial charge in [0, 0.05) is 31.5 Å². The van der Waals surface area contributed by atoms with Crippen LogP contribution in [0.4, 0.5) is 0 Å². The Morgan fingerprint density at radius 2 is 1.74 bits per heavy atom. The van der Waals surface area contributed by atoms with Gasteiger partial charge in [-0.3, -0.25) is 14.6 Å². The summed E-state index contributed by atoms with van der Waals surface area (Å²) in [6.45, 7) is 7.15. The van der Waals surface area contributed by atoms with Gasteiger partial charge in [-0.15, -0.1) is 11.3 Å². The number of benzene rings is 2. The molecule has 204 valence electrons. The summed E-state index contributed by atoms with van der Waals surface area (Å²) < 4.78 is 0.997. The predicted octanol–water partition coefficient (Wildman–Crippen LogP) is 4.11. The smallest absolute Gasteiger partial charge is 0.349 e. The lowest BCUT2D eigenvalue weighted by atomic mass is 9.85. The average Bonchev–Trinajstić information content (AvgIpc) is 3.28. The molecule has 12 heteroatoms. The minimum absolute atomic E-state index is 0.0720. The van der Waals surface area contributed by atoms with Crippen molar-refractivity contribution in [3.05, 3.63) is 95.0 Å². The number of rotatable bonds is 8. The summed E-state index contributed by atoms with van der Waals surface area (Å²) in [4.78, 5) is 44.4. The van der Waals surface area contributed by atoms with Crippen molar-refractivity contribution in [1.29, 1.82) is 0 Å². The van der Waals surface area contributed by atoms with Gasteiger partial charge in [0.1, 0.15) is 11.2 Å². The quantitative estimate of drug-likeness (QED) is 0.284. The Kier molecular flexibility index (Phi) is 8.13. The first-order valence-corrected chi connectivity index (χ1v) is 13.6. The molecule has 0 fully saturated rings. The van der Waals surface area contributed by atoms with E-state index < -0.39 is 22.2 Å². The molecule has 2 heterocycles. The maximum absolute atomic E-state index is 12.9. The van der Waals surface area contributed by atoms with E-state index in [1.165, 1.54) is 11.3 Å². The molecule has 0 bridgehead atoms. The molecule has 0 atom stereocenters. The number of amides is 1. The fourth-order valence-electron chi connectivity index (χ4n) is 4.09. The topological polar surface area (TPSA) is 130 Å². The SMILES string of the molecule is CC(C)(CO)NC(=O)Cc1sc(C(C)(C)c2c(Cl)cc(-n3ncc(=O)[nH]c3=O)cc2Cl)nc1-c1ccccc1. The van der Waals surface area contributed by atoms with E-state index in [9.17, 15) is 19.5 Å². The molecule has 9 nitrogen and oxygen atoms in total. The lowest BCUT2D eigenvalue weighted by Gasteiger charge is -2.26. The monoisotopic (exact) mass is 587 g/mol. The van der Waals surface area contributed by atoms with Crippen LogP contribution in [0.15, 0.2) is 58.3 Å². The molecule has 4 aromatic rings. The number of nitrogens with one attached hydrogen (secondary N) is 2. The molecule has 0 radical (unpaired) electrons. The molecule has 0 saturated heterocycles. The van der Waals surface area contributed by atoms with Crippen LogP contribution in [0.25, 0.3) is 16.9 Å². The Morgan fingerprint density at radius 1 is 1.10 bits per heavy atom. The first-order chi connectivity index (χ1) is 18.3. The molecule has 0 aliphatic rings. The van der Waals surface area contributed by atoms with Crippen LogP contribution in [0.2, 0.25) is 10.0 Å². The van der Waals surface area contributed by atoms with Crippen LogP contribution >= 0.6 is 34.5 Å². The second-order valence-electron chi connectivity index (χ2n) is 10.2. The number of halogens is 2. The van der Waals surface area contributed by atoms with Crippen molar-refractivity contribution in [3.8, 4) is 16.9 Å². The number of thiazole rings is 1. The van der Waals surface area contributed by atoms with Crippen molar-refractivity contribution in [1.82, 2.24) is 25.1 Å². The molecule has 0 unspecified atom stereocenters. The molecule has 0 spiro atoms. The third-order valence-electron chi connectivity index (χ3n) is 6.08. The highest BCUT2D eigenvalue weighted by atomic mass is 35.5. The molecule has 1 amide bonds. The van der Waals surface area contributed by atoms with E-state index in [-0.39, 0.29) is 29.0 Å². The Labute approximate surface area is 238 Å². The highest BCUT2D eigenvalue weighted by Gasteiger charge is 2.34. The maximum Gasteiger partial charge on any atom is 0.349 e. The number of H-pyrrole nitrogens is 1. The van der Waals surface area contributed by atoms with Crippen LogP contribution in [0.1, 0.15) is 43.1 Å². The molecular weight excluding hydrogens is 561 g/mol. The van der Waals surface area contributed by atoms with Crippen molar-refractivity contribution in [2.45, 2.75) is 45.1 Å². The number of aromatic amines is 1. The highest BCUT2D eigenvalue weighted by Crippen LogP contribution is 2.44. The Balaban J connectivity index is 1.78. The van der Waals surface area contributed by atoms with Crippen LogP contribution in [0.5, 0.6) is 0 Å². The van der Waals surface area contributed by atoms with Crippen LogP contribution in [-0.4, -0.2) is 42.9 Å². The summed E-state index contributed by atoms with van der Waals surface area (Å²) in [6, 6.07) is 12.7. The fourth-order valence-corrected chi connectivity index (χ4v) is 6.23. The van der Waals surface area contributed by atoms with Crippen molar-refractivity contribution < 1.29 is 9.90 Å². The summed E-state index contributed by atoms with van der Waals surface area (Å²) in [5.41, 5.74) is -0.484. The third kappa shape index (κ3) is 6.14. The molecule has 39 heavy (non-hydrogen) atoms. The normalized spacial score (nSPS) is 12.0. The van der Waals surface area contributed by atoms with Gasteiger partial charge < -0.3 is 10.4 Å². The second kappa shape index (κ2) is 11.1. The molecule has 4 rings (SSSR count). The van der Waals surface area contributed by atoms with Crippen LogP contribution in [-0.2, 0) is 16.6 Å². The first-order valence-electron chi connectivity index (χ1n) is 12.0. The van der Waals surface area contributed by atoms with E-state index >= 15 is 0 Å². The standard InChI is InChI=1S/C27H27Cl2N5O4S/c1-26(2,14-35)33-20(36)12-19-23(15-8-6-5-7-9-15)32-24(39-19)27(3,4)22-17(28)10-16(11-18(22)29)34-25(38)31-21(37)13-30-34/h5-11,13,35H,12,14H2,1-4H3,(H,33,36)(H,31,37,38). The lowest BCUT2D eigenvalue weighted by Crippen LogP contribution is -2.46. The number of aromatic nitrogens is 4. The summed E-state index contributed by atoms with van der Waals surface area (Å²) >= 11 is 14.8. The molecule has 0 saturated carbocycles. The molecule has 2 aromatic heterocycles. The number of carbonyl (C=O) groups is 1. The maximum atomic E-state index is 12.9. The number of aliphatic hydroxyl groups is 1. The number of hydrogen-bond acceptors (Lipinski definition) is 7. The highest BCUT2D eigenvalue weighted by molar-refractivity contribution is 7.12.